The average Bonchev–Trinajstić information content (AvgIpc) is 3.19. The van der Waals surface area contributed by atoms with Gasteiger partial charge in [0.05, 0.1) is 11.4 Å². The molecule has 1 radical (unpaired) electrons. The normalized spacial score (nSPS) is 13.4. The molecule has 0 aliphatic carbocycles. The van der Waals surface area contributed by atoms with E-state index >= 15 is 0 Å². The molecule has 0 spiro atoms. The largest absolute Gasteiger partial charge is 0 e. The number of aromatic nitrogens is 4. The SMILES string of the molecule is CC(C)(C)c1c[c-]c(-c2cc(C(C)(C)C)ccn2)cc1.CC(C)(C)c1c[c-]c(-c2cc(C(C)(C)C)ccn2)cc1.CC(C)(C)c1ccnc(-c2cc(C(C)(C)C)ccn2)c1.F[P-](F)(F)(F)(F)F.[Ir]. The predicted octanol–water partition coefficient (Wildman–Crippen LogP) is 18.4. The molecule has 375 valence electrons. The fourth-order valence-corrected chi connectivity index (χ4v) is 6.26. The Morgan fingerprint density at radius 1 is 0.324 bits per heavy atom. The Hall–Kier alpha value is -4.30. The third-order valence-corrected chi connectivity index (χ3v) is 10.7. The van der Waals surface area contributed by atoms with Crippen LogP contribution in [0.2, 0.25) is 0 Å². The predicted molar refractivity (Wildman–Crippen MR) is 270 cm³/mol. The molecule has 0 aliphatic heterocycles. The summed E-state index contributed by atoms with van der Waals surface area (Å²) in [5.74, 6) is 0. The molecule has 0 saturated carbocycles. The first-order chi connectivity index (χ1) is 30.0. The van der Waals surface area contributed by atoms with Crippen LogP contribution in [-0.2, 0) is 52.6 Å². The molecule has 0 saturated heterocycles. The second-order valence-electron chi connectivity index (χ2n) is 23.2. The van der Waals surface area contributed by atoms with Gasteiger partial charge in [-0.05, 0) is 103 Å². The number of benzene rings is 2. The minimum absolute atomic E-state index is 0. The standard InChI is InChI=1S/2C19H24N.C18H24N2.F6P.Ir/c2*1-18(2,3)15-9-7-14(8-10-15)17-13-16(11-12-20-17)19(4,5)6;1-17(2,3)13-7-9-19-15(11-13)16-12-14(8-10-20-16)18(4,5)6;1-7(2,3,4,5)6;/h2*7,9-13H,1-6H3;7-12H,1-6H3;;/q2*-1;;-1;. The molecular weight excluding hydrogens is 1070 g/mol. The third-order valence-electron chi connectivity index (χ3n) is 10.7. The van der Waals surface area contributed by atoms with Crippen molar-refractivity contribution >= 4 is 7.81 Å². The molecular formula is C56H72F6IrN4P-3. The van der Waals surface area contributed by atoms with Gasteiger partial charge in [-0.25, -0.2) is 0 Å². The van der Waals surface area contributed by atoms with Crippen molar-refractivity contribution in [2.45, 2.75) is 157 Å². The van der Waals surface area contributed by atoms with Crippen molar-refractivity contribution in [2.24, 2.45) is 0 Å². The van der Waals surface area contributed by atoms with Crippen LogP contribution in [0.15, 0.2) is 110 Å². The molecule has 4 heterocycles. The number of halogens is 6. The van der Waals surface area contributed by atoms with E-state index in [-0.39, 0.29) is 52.6 Å². The topological polar surface area (TPSA) is 51.6 Å². The Morgan fingerprint density at radius 2 is 0.529 bits per heavy atom. The van der Waals surface area contributed by atoms with Gasteiger partial charge in [0.1, 0.15) is 0 Å². The smallest absolute Gasteiger partial charge is 0 e. The van der Waals surface area contributed by atoms with Crippen LogP contribution in [0, 0.1) is 12.1 Å². The minimum Gasteiger partial charge on any atom is 0 e. The van der Waals surface area contributed by atoms with Crippen molar-refractivity contribution in [1.82, 2.24) is 19.9 Å². The molecule has 4 nitrogen and oxygen atoms in total. The number of rotatable bonds is 3. The summed E-state index contributed by atoms with van der Waals surface area (Å²) in [4.78, 5) is 17.9. The van der Waals surface area contributed by atoms with Crippen LogP contribution in [0.4, 0.5) is 25.2 Å². The third kappa shape index (κ3) is 21.1. The maximum absolute atomic E-state index is 10.7. The van der Waals surface area contributed by atoms with Crippen molar-refractivity contribution in [3.63, 3.8) is 0 Å². The van der Waals surface area contributed by atoms with E-state index in [0.717, 1.165) is 33.9 Å². The molecule has 68 heavy (non-hydrogen) atoms. The summed E-state index contributed by atoms with van der Waals surface area (Å²) >= 11 is 0. The first-order valence-corrected chi connectivity index (χ1v) is 24.5. The molecule has 0 aliphatic rings. The molecule has 2 aromatic carbocycles. The van der Waals surface area contributed by atoms with Gasteiger partial charge in [0.25, 0.3) is 0 Å². The summed E-state index contributed by atoms with van der Waals surface area (Å²) in [6.45, 7) is 39.9. The Balaban J connectivity index is 0.000000324. The zero-order valence-electron chi connectivity index (χ0n) is 43.2. The van der Waals surface area contributed by atoms with Gasteiger partial charge in [-0.1, -0.05) is 137 Å². The van der Waals surface area contributed by atoms with Crippen molar-refractivity contribution < 1.29 is 45.3 Å². The van der Waals surface area contributed by atoms with E-state index in [1.54, 1.807) is 0 Å². The van der Waals surface area contributed by atoms with E-state index < -0.39 is 7.81 Å². The Morgan fingerprint density at radius 3 is 0.721 bits per heavy atom. The molecule has 0 unspecified atom stereocenters. The first kappa shape index (κ1) is 59.8. The molecule has 0 fully saturated rings. The van der Waals surface area contributed by atoms with Gasteiger partial charge < -0.3 is 9.97 Å². The summed E-state index contributed by atoms with van der Waals surface area (Å²) in [5, 5.41) is 0. The molecule has 4 aromatic heterocycles. The zero-order chi connectivity index (χ0) is 51.3. The van der Waals surface area contributed by atoms with E-state index in [2.05, 4.69) is 242 Å². The summed E-state index contributed by atoms with van der Waals surface area (Å²) in [7, 11) is -10.7. The fraction of sp³-hybridized carbons (Fsp3) is 0.429. The Bertz CT molecular complexity index is 2380. The van der Waals surface area contributed by atoms with Crippen LogP contribution in [0.5, 0.6) is 0 Å². The van der Waals surface area contributed by atoms with Crippen LogP contribution in [-0.4, -0.2) is 19.9 Å². The second-order valence-corrected chi connectivity index (χ2v) is 25.1. The zero-order valence-corrected chi connectivity index (χ0v) is 46.5. The van der Waals surface area contributed by atoms with Gasteiger partial charge in [0.15, 0.2) is 0 Å². The molecule has 0 amide bonds. The van der Waals surface area contributed by atoms with E-state index in [1.807, 2.05) is 24.8 Å². The van der Waals surface area contributed by atoms with Crippen LogP contribution in [0.3, 0.4) is 0 Å². The number of pyridine rings is 4. The van der Waals surface area contributed by atoms with E-state index in [1.165, 1.54) is 33.4 Å². The van der Waals surface area contributed by atoms with Crippen molar-refractivity contribution in [3.05, 3.63) is 155 Å². The average molecular weight is 1140 g/mol. The van der Waals surface area contributed by atoms with E-state index in [4.69, 9.17) is 0 Å². The second kappa shape index (κ2) is 21.0. The van der Waals surface area contributed by atoms with Gasteiger partial charge in [-0.15, -0.1) is 70.8 Å². The van der Waals surface area contributed by atoms with Crippen LogP contribution < -0.4 is 0 Å². The van der Waals surface area contributed by atoms with Gasteiger partial charge >= 0.3 is 33.0 Å². The van der Waals surface area contributed by atoms with Crippen molar-refractivity contribution in [2.75, 3.05) is 0 Å². The van der Waals surface area contributed by atoms with Gasteiger partial charge in [-0.2, -0.15) is 0 Å². The Labute approximate surface area is 417 Å². The maximum Gasteiger partial charge on any atom is 0 e. The van der Waals surface area contributed by atoms with E-state index in [0.29, 0.717) is 0 Å². The number of hydrogen-bond donors (Lipinski definition) is 0. The maximum atomic E-state index is 9.87. The fourth-order valence-electron chi connectivity index (χ4n) is 6.26. The van der Waals surface area contributed by atoms with Crippen molar-refractivity contribution in [3.8, 4) is 33.9 Å². The number of nitrogens with zero attached hydrogens (tertiary/aromatic N) is 4. The summed E-state index contributed by atoms with van der Waals surface area (Å²) in [6, 6.07) is 36.5. The van der Waals surface area contributed by atoms with Crippen LogP contribution in [0.1, 0.15) is 158 Å². The molecule has 0 N–H and O–H groups in total. The molecule has 6 aromatic rings. The van der Waals surface area contributed by atoms with Crippen molar-refractivity contribution in [1.29, 1.82) is 0 Å². The molecule has 0 bridgehead atoms. The quantitative estimate of drug-likeness (QED) is 0.101. The summed E-state index contributed by atoms with van der Waals surface area (Å²) in [5.41, 5.74) is 14.6. The van der Waals surface area contributed by atoms with E-state index in [9.17, 15) is 25.2 Å². The number of hydrogen-bond acceptors (Lipinski definition) is 4. The monoisotopic (exact) mass is 1140 g/mol. The van der Waals surface area contributed by atoms with Crippen LogP contribution >= 0.6 is 7.81 Å². The molecule has 12 heteroatoms. The van der Waals surface area contributed by atoms with Crippen LogP contribution in [0.25, 0.3) is 33.9 Å². The molecule has 6 rings (SSSR count). The Kier molecular flexibility index (Phi) is 18.4. The minimum atomic E-state index is -10.7. The van der Waals surface area contributed by atoms with Gasteiger partial charge in [0.2, 0.25) is 0 Å². The van der Waals surface area contributed by atoms with Gasteiger partial charge in [0, 0.05) is 44.9 Å². The summed E-state index contributed by atoms with van der Waals surface area (Å²) < 4.78 is 59.2. The molecule has 0 atom stereocenters. The first-order valence-electron chi connectivity index (χ1n) is 22.5. The summed E-state index contributed by atoms with van der Waals surface area (Å²) in [6.07, 6.45) is 7.53. The van der Waals surface area contributed by atoms with Gasteiger partial charge in [-0.3, -0.25) is 9.97 Å².